The molecular weight excluding hydrogens is 582 g/mol. The first kappa shape index (κ1) is 36.6. The van der Waals surface area contributed by atoms with Crippen LogP contribution in [0.15, 0.2) is 54.6 Å². The zero-order chi connectivity index (χ0) is 33.2. The predicted molar refractivity (Wildman–Crippen MR) is 145 cm³/mol. The molecule has 0 spiro atoms. The Labute approximate surface area is 245 Å². The molecule has 0 amide bonds. The summed E-state index contributed by atoms with van der Waals surface area (Å²) in [5.74, 6) is -0.0565. The van der Waals surface area contributed by atoms with Crippen LogP contribution in [0.4, 0.5) is 26.3 Å². The quantitative estimate of drug-likeness (QED) is 0.150. The molecule has 6 nitrogen and oxygen atoms in total. The van der Waals surface area contributed by atoms with Crippen molar-refractivity contribution in [3.05, 3.63) is 76.9 Å². The fourth-order valence-corrected chi connectivity index (χ4v) is 3.37. The molecule has 1 aliphatic rings. The Morgan fingerprint density at radius 2 is 1.26 bits per heavy atom. The van der Waals surface area contributed by atoms with Gasteiger partial charge < -0.3 is 9.47 Å². The summed E-state index contributed by atoms with van der Waals surface area (Å²) in [6.07, 6.45) is -2.30. The van der Waals surface area contributed by atoms with Gasteiger partial charge in [-0.05, 0) is 88.2 Å². The largest absolute Gasteiger partial charge is 0.465 e. The van der Waals surface area contributed by atoms with Crippen LogP contribution in [0.3, 0.4) is 0 Å². The molecule has 2 unspecified atom stereocenters. The van der Waals surface area contributed by atoms with Gasteiger partial charge in [-0.1, -0.05) is 18.1 Å². The fourth-order valence-electron chi connectivity index (χ4n) is 3.37. The van der Waals surface area contributed by atoms with Crippen molar-refractivity contribution in [3.63, 3.8) is 0 Å². The first-order valence-electron chi connectivity index (χ1n) is 12.8. The van der Waals surface area contributed by atoms with Crippen molar-refractivity contribution < 1.29 is 55.0 Å². The van der Waals surface area contributed by atoms with E-state index in [2.05, 4.69) is 10.7 Å². The van der Waals surface area contributed by atoms with Gasteiger partial charge in [-0.25, -0.2) is 0 Å². The van der Waals surface area contributed by atoms with Crippen LogP contribution in [0.1, 0.15) is 56.9 Å². The maximum absolute atomic E-state index is 12.5. The second-order valence-corrected chi connectivity index (χ2v) is 9.02. The number of carbonyl (C=O) groups excluding carboxylic acids is 4. The number of carbonyl (C=O) groups is 4. The molecule has 1 aliphatic carbocycles. The number of rotatable bonds is 7. The Bertz CT molecular complexity index is 1370. The third-order valence-corrected chi connectivity index (χ3v) is 6.01. The molecular formula is C31H30F6O6. The Morgan fingerprint density at radius 1 is 0.814 bits per heavy atom. The highest BCUT2D eigenvalue weighted by molar-refractivity contribution is 6.24. The summed E-state index contributed by atoms with van der Waals surface area (Å²) >= 11 is 0. The monoisotopic (exact) mass is 612 g/mol. The molecule has 232 valence electrons. The van der Waals surface area contributed by atoms with Gasteiger partial charge in [-0.2, -0.15) is 26.3 Å². The summed E-state index contributed by atoms with van der Waals surface area (Å²) < 4.78 is 82.9. The van der Waals surface area contributed by atoms with Crippen LogP contribution in [0.25, 0.3) is 5.57 Å². The van der Waals surface area contributed by atoms with E-state index in [4.69, 9.17) is 11.2 Å². The summed E-state index contributed by atoms with van der Waals surface area (Å²) in [5, 5.41) is 0. The molecule has 0 saturated carbocycles. The lowest BCUT2D eigenvalue weighted by atomic mass is 9.92. The van der Waals surface area contributed by atoms with E-state index in [1.165, 1.54) is 44.2 Å². The van der Waals surface area contributed by atoms with Crippen LogP contribution in [-0.4, -0.2) is 36.7 Å². The number of Topliss-reactive ketones (excluding diaryl/α,β-unsaturated/α-hetero) is 2. The van der Waals surface area contributed by atoms with Crippen molar-refractivity contribution in [2.45, 2.75) is 47.0 Å². The van der Waals surface area contributed by atoms with E-state index in [-0.39, 0.29) is 12.4 Å². The topological polar surface area (TPSA) is 86.7 Å². The molecule has 3 rings (SSSR count). The van der Waals surface area contributed by atoms with Gasteiger partial charge in [0.1, 0.15) is 11.7 Å². The zero-order valence-electron chi connectivity index (χ0n) is 24.0. The number of hydrogen-bond donors (Lipinski definition) is 0. The lowest BCUT2D eigenvalue weighted by Crippen LogP contribution is -2.29. The molecule has 2 aromatic carbocycles. The van der Waals surface area contributed by atoms with Crippen LogP contribution >= 0.6 is 0 Å². The predicted octanol–water partition coefficient (Wildman–Crippen LogP) is 6.70. The molecule has 0 aliphatic heterocycles. The molecule has 0 aromatic heterocycles. The highest BCUT2D eigenvalue weighted by Crippen LogP contribution is 2.52. The van der Waals surface area contributed by atoms with E-state index in [0.717, 1.165) is 24.3 Å². The average molecular weight is 613 g/mol. The zero-order valence-corrected chi connectivity index (χ0v) is 24.0. The van der Waals surface area contributed by atoms with E-state index >= 15 is 0 Å². The molecule has 0 N–H and O–H groups in total. The number of esters is 2. The number of benzene rings is 2. The van der Waals surface area contributed by atoms with E-state index < -0.39 is 52.5 Å². The summed E-state index contributed by atoms with van der Waals surface area (Å²) in [6, 6.07) is 8.81. The molecule has 2 aromatic rings. The first-order chi connectivity index (χ1) is 19.9. The van der Waals surface area contributed by atoms with Gasteiger partial charge in [-0.3, -0.25) is 19.2 Å². The molecule has 0 bridgehead atoms. The molecule has 0 radical (unpaired) electrons. The number of halogens is 6. The number of terminal acetylenes is 1. The Balaban J connectivity index is 0.000000357. The molecule has 12 heteroatoms. The van der Waals surface area contributed by atoms with Crippen molar-refractivity contribution in [1.82, 2.24) is 0 Å². The van der Waals surface area contributed by atoms with Crippen LogP contribution in [0.2, 0.25) is 0 Å². The van der Waals surface area contributed by atoms with Crippen molar-refractivity contribution >= 4 is 29.1 Å². The third-order valence-electron chi connectivity index (χ3n) is 6.01. The van der Waals surface area contributed by atoms with Crippen molar-refractivity contribution in [2.75, 3.05) is 13.2 Å². The number of ether oxygens (including phenoxy) is 2. The smallest absolute Gasteiger partial charge is 0.416 e. The van der Waals surface area contributed by atoms with Gasteiger partial charge in [0, 0.05) is 5.56 Å². The maximum Gasteiger partial charge on any atom is 0.416 e. The minimum absolute atomic E-state index is 0.127. The molecule has 0 saturated heterocycles. The van der Waals surface area contributed by atoms with E-state index in [1.54, 1.807) is 20.8 Å². The van der Waals surface area contributed by atoms with Gasteiger partial charge >= 0.3 is 24.3 Å². The van der Waals surface area contributed by atoms with Gasteiger partial charge in [0.05, 0.1) is 24.3 Å². The van der Waals surface area contributed by atoms with Crippen molar-refractivity contribution in [2.24, 2.45) is 11.3 Å². The standard InChI is InChI=1S/C15H13F3O3.C9H5F3.C7H12O3/c1-3-21-13(20)14(9(2)19)8-12(14)10-4-6-11(7-5-10)15(16,17)18;1-2-7-3-5-8(6-4-7)9(10,11)12;1-4-10-7(9)5(2)6(3)8/h4-8H,3H2,1-2H3;1,3-6H;5H,4H2,1-3H3. The highest BCUT2D eigenvalue weighted by Gasteiger charge is 2.57. The minimum Gasteiger partial charge on any atom is -0.465 e. The van der Waals surface area contributed by atoms with Gasteiger partial charge in [0.2, 0.25) is 0 Å². The Morgan fingerprint density at radius 3 is 1.60 bits per heavy atom. The van der Waals surface area contributed by atoms with Crippen LogP contribution in [0, 0.1) is 23.7 Å². The number of hydrogen-bond acceptors (Lipinski definition) is 6. The van der Waals surface area contributed by atoms with Crippen molar-refractivity contribution in [3.8, 4) is 12.3 Å². The second-order valence-electron chi connectivity index (χ2n) is 9.02. The minimum atomic E-state index is -4.42. The molecule has 2 atom stereocenters. The van der Waals surface area contributed by atoms with Crippen LogP contribution < -0.4 is 0 Å². The summed E-state index contributed by atoms with van der Waals surface area (Å²) in [6.45, 7) is 7.96. The van der Waals surface area contributed by atoms with E-state index in [1.807, 2.05) is 0 Å². The number of ketones is 2. The van der Waals surface area contributed by atoms with Crippen molar-refractivity contribution in [1.29, 1.82) is 0 Å². The Hall–Kier alpha value is -4.40. The summed E-state index contributed by atoms with van der Waals surface area (Å²) in [5.41, 5.74) is -1.65. The second kappa shape index (κ2) is 15.2. The first-order valence-corrected chi connectivity index (χ1v) is 12.8. The van der Waals surface area contributed by atoms with Crippen LogP contribution in [0.5, 0.6) is 0 Å². The number of alkyl halides is 6. The molecule has 43 heavy (non-hydrogen) atoms. The lowest BCUT2D eigenvalue weighted by Gasteiger charge is -2.14. The average Bonchev–Trinajstić information content (AvgIpc) is 3.70. The molecule has 0 fully saturated rings. The lowest BCUT2D eigenvalue weighted by molar-refractivity contribution is -0.152. The summed E-state index contributed by atoms with van der Waals surface area (Å²) in [7, 11) is 0. The van der Waals surface area contributed by atoms with Gasteiger partial charge in [0.25, 0.3) is 0 Å². The maximum atomic E-state index is 12.5. The Kier molecular flexibility index (Phi) is 12.9. The normalized spacial score (nSPS) is 16.0. The van der Waals surface area contributed by atoms with Gasteiger partial charge in [0.15, 0.2) is 11.2 Å². The fraction of sp³-hybridized carbons (Fsp3) is 0.355. The molecule has 0 heterocycles. The third kappa shape index (κ3) is 10.1. The van der Waals surface area contributed by atoms with Gasteiger partial charge in [-0.15, -0.1) is 6.42 Å². The van der Waals surface area contributed by atoms with E-state index in [0.29, 0.717) is 23.3 Å². The SMILES string of the molecule is C#Cc1ccc(C(F)(F)F)cc1.CCOC(=O)C(C)C(C)=O.CCOC(=O)C1(C(C)=O)C=C1c1ccc(C(F)(F)F)cc1. The summed E-state index contributed by atoms with van der Waals surface area (Å²) in [4.78, 5) is 44.9. The van der Waals surface area contributed by atoms with Crippen LogP contribution in [-0.2, 0) is 41.0 Å². The van der Waals surface area contributed by atoms with E-state index in [9.17, 15) is 45.5 Å². The highest BCUT2D eigenvalue weighted by atomic mass is 19.4.